The van der Waals surface area contributed by atoms with Gasteiger partial charge in [-0.2, -0.15) is 0 Å². The van der Waals surface area contributed by atoms with E-state index in [2.05, 4.69) is 132 Å². The van der Waals surface area contributed by atoms with Crippen molar-refractivity contribution in [3.05, 3.63) is 152 Å². The second-order valence-corrected chi connectivity index (χ2v) is 12.4. The monoisotopic (exact) mass is 613 g/mol. The first-order chi connectivity index (χ1) is 23.7. The van der Waals surface area contributed by atoms with Crippen LogP contribution >= 0.6 is 0 Å². The van der Waals surface area contributed by atoms with E-state index in [9.17, 15) is 0 Å². The summed E-state index contributed by atoms with van der Waals surface area (Å²) >= 11 is 0. The number of rotatable bonds is 4. The Bertz CT molecular complexity index is 2830. The molecule has 2 aromatic heterocycles. The Kier molecular flexibility index (Phi) is 5.69. The van der Waals surface area contributed by atoms with E-state index in [-0.39, 0.29) is 0 Å². The first-order valence-electron chi connectivity index (χ1n) is 16.1. The summed E-state index contributed by atoms with van der Waals surface area (Å²) in [5, 5.41) is 9.39. The molecule has 0 aliphatic carbocycles. The molecule has 2 N–H and O–H groups in total. The van der Waals surface area contributed by atoms with Gasteiger partial charge >= 0.3 is 0 Å². The lowest BCUT2D eigenvalue weighted by atomic mass is 9.82. The lowest BCUT2D eigenvalue weighted by Crippen LogP contribution is -1.95. The molecule has 2 heterocycles. The molecule has 9 aromatic carbocycles. The molecule has 4 nitrogen and oxygen atoms in total. The molecule has 48 heavy (non-hydrogen) atoms. The van der Waals surface area contributed by atoms with Gasteiger partial charge in [0.15, 0.2) is 0 Å². The zero-order valence-corrected chi connectivity index (χ0v) is 25.8. The maximum atomic E-state index is 6.56. The first-order valence-corrected chi connectivity index (χ1v) is 16.1. The number of nitrogen functional groups attached to an aromatic ring is 1. The van der Waals surface area contributed by atoms with Crippen molar-refractivity contribution in [3.63, 3.8) is 0 Å². The molecule has 0 aliphatic heterocycles. The van der Waals surface area contributed by atoms with Gasteiger partial charge in [0.1, 0.15) is 5.52 Å². The number of anilines is 1. The highest BCUT2D eigenvalue weighted by Gasteiger charge is 2.23. The first kappa shape index (κ1) is 26.7. The Morgan fingerprint density at radius 3 is 2.12 bits per heavy atom. The minimum absolute atomic E-state index is 0.531. The van der Waals surface area contributed by atoms with Gasteiger partial charge in [0, 0.05) is 17.4 Å². The normalized spacial score (nSPS) is 11.8. The fourth-order valence-corrected chi connectivity index (χ4v) is 7.46. The number of pyridine rings is 1. The van der Waals surface area contributed by atoms with Gasteiger partial charge in [-0.15, -0.1) is 0 Å². The predicted octanol–water partition coefficient (Wildman–Crippen LogP) is 11.5. The molecule has 0 radical (unpaired) electrons. The van der Waals surface area contributed by atoms with Crippen LogP contribution in [0.25, 0.3) is 99.2 Å². The van der Waals surface area contributed by atoms with Crippen molar-refractivity contribution in [1.29, 1.82) is 0 Å². The summed E-state index contributed by atoms with van der Waals surface area (Å²) in [6, 6.07) is 51.6. The molecule has 4 heteroatoms. The number of hydrogen-bond donors (Lipinski definition) is 1. The van der Waals surface area contributed by atoms with Crippen molar-refractivity contribution in [2.75, 3.05) is 5.73 Å². The number of aromatic nitrogens is 2. The van der Waals surface area contributed by atoms with Crippen LogP contribution < -0.4 is 5.73 Å². The largest absolute Gasteiger partial charge is 0.418 e. The summed E-state index contributed by atoms with van der Waals surface area (Å²) in [7, 11) is 0. The number of fused-ring (bicyclic) bond motifs is 5. The summed E-state index contributed by atoms with van der Waals surface area (Å²) in [6.07, 6.45) is 1.73. The Labute approximate surface area is 276 Å². The average Bonchev–Trinajstić information content (AvgIpc) is 3.59. The fraction of sp³-hybridized carbons (Fsp3) is 0. The molecule has 2 bridgehead atoms. The van der Waals surface area contributed by atoms with Crippen molar-refractivity contribution in [2.24, 2.45) is 0 Å². The molecule has 11 aromatic rings. The molecular formula is C44H27N3O. The standard InChI is InChI=1S/C44H27N3O/c45-31-17-19-33(29-15-14-26-7-1-2-9-28(26)23-29)38(25-31)36-21-20-35(34-12-5-10-27-8-3-4-11-32(27)34)41-30-16-18-37(42(36)41)39(24-30)43-47-40-13-6-22-46-44(40)48-43/h1-25H,45H2. The van der Waals surface area contributed by atoms with Crippen LogP contribution in [-0.2, 0) is 0 Å². The molecule has 224 valence electrons. The van der Waals surface area contributed by atoms with E-state index in [1.807, 2.05) is 18.2 Å². The van der Waals surface area contributed by atoms with Gasteiger partial charge in [0.2, 0.25) is 11.6 Å². The summed E-state index contributed by atoms with van der Waals surface area (Å²) in [6.45, 7) is 0. The quantitative estimate of drug-likeness (QED) is 0.201. The van der Waals surface area contributed by atoms with E-state index in [0.717, 1.165) is 55.2 Å². The fourth-order valence-electron chi connectivity index (χ4n) is 7.46. The van der Waals surface area contributed by atoms with Crippen LogP contribution in [-0.4, -0.2) is 9.97 Å². The Morgan fingerprint density at radius 1 is 0.458 bits per heavy atom. The maximum Gasteiger partial charge on any atom is 0.247 e. The van der Waals surface area contributed by atoms with E-state index in [0.29, 0.717) is 11.6 Å². The number of nitrogens with zero attached hydrogens (tertiary/aromatic N) is 2. The van der Waals surface area contributed by atoms with E-state index >= 15 is 0 Å². The molecule has 0 saturated heterocycles. The minimum atomic E-state index is 0.531. The summed E-state index contributed by atoms with van der Waals surface area (Å²) in [4.78, 5) is 9.30. The van der Waals surface area contributed by atoms with Crippen LogP contribution in [0.5, 0.6) is 0 Å². The van der Waals surface area contributed by atoms with E-state index in [1.165, 1.54) is 38.1 Å². The topological polar surface area (TPSA) is 64.9 Å². The highest BCUT2D eigenvalue weighted by Crippen LogP contribution is 2.48. The zero-order valence-electron chi connectivity index (χ0n) is 25.8. The van der Waals surface area contributed by atoms with Crippen molar-refractivity contribution >= 4 is 60.0 Å². The third-order valence-electron chi connectivity index (χ3n) is 9.65. The number of hydrogen-bond acceptors (Lipinski definition) is 4. The lowest BCUT2D eigenvalue weighted by molar-refractivity contribution is 0.608. The molecule has 0 amide bonds. The second-order valence-electron chi connectivity index (χ2n) is 12.4. The summed E-state index contributed by atoms with van der Waals surface area (Å²) in [5.41, 5.74) is 16.4. The van der Waals surface area contributed by atoms with Crippen molar-refractivity contribution in [3.8, 4) is 44.8 Å². The van der Waals surface area contributed by atoms with Crippen molar-refractivity contribution < 1.29 is 4.42 Å². The van der Waals surface area contributed by atoms with Crippen LogP contribution in [0.4, 0.5) is 5.69 Å². The Hall–Kier alpha value is -6.52. The molecule has 0 saturated carbocycles. The van der Waals surface area contributed by atoms with Gasteiger partial charge in [0.05, 0.1) is 0 Å². The van der Waals surface area contributed by atoms with Gasteiger partial charge in [0.25, 0.3) is 0 Å². The van der Waals surface area contributed by atoms with Crippen LogP contribution in [0.15, 0.2) is 156 Å². The Morgan fingerprint density at radius 2 is 1.23 bits per heavy atom. The molecule has 0 unspecified atom stereocenters. The maximum absolute atomic E-state index is 6.56. The molecule has 11 rings (SSSR count). The van der Waals surface area contributed by atoms with Crippen LogP contribution in [0.1, 0.15) is 0 Å². The molecule has 0 atom stereocenters. The highest BCUT2D eigenvalue weighted by molar-refractivity contribution is 6.26. The van der Waals surface area contributed by atoms with Crippen molar-refractivity contribution in [2.45, 2.75) is 0 Å². The zero-order chi connectivity index (χ0) is 31.8. The van der Waals surface area contributed by atoms with Crippen molar-refractivity contribution in [1.82, 2.24) is 9.97 Å². The molecular weight excluding hydrogens is 587 g/mol. The van der Waals surface area contributed by atoms with Gasteiger partial charge in [-0.3, -0.25) is 0 Å². The van der Waals surface area contributed by atoms with Crippen LogP contribution in [0, 0.1) is 0 Å². The van der Waals surface area contributed by atoms with E-state index in [1.54, 1.807) is 6.20 Å². The average molecular weight is 614 g/mol. The third kappa shape index (κ3) is 4.03. The number of nitrogens with two attached hydrogens (primary N) is 1. The van der Waals surface area contributed by atoms with Gasteiger partial charge in [-0.25, -0.2) is 9.97 Å². The van der Waals surface area contributed by atoms with Crippen LogP contribution in [0.2, 0.25) is 0 Å². The third-order valence-corrected chi connectivity index (χ3v) is 9.65. The van der Waals surface area contributed by atoms with E-state index in [4.69, 9.17) is 15.1 Å². The number of benzene rings is 9. The second kappa shape index (κ2) is 10.2. The smallest absolute Gasteiger partial charge is 0.247 e. The number of oxazole rings is 1. The predicted molar refractivity (Wildman–Crippen MR) is 199 cm³/mol. The molecule has 0 fully saturated rings. The lowest BCUT2D eigenvalue weighted by Gasteiger charge is -2.21. The van der Waals surface area contributed by atoms with Gasteiger partial charge in [-0.05, 0) is 113 Å². The summed E-state index contributed by atoms with van der Waals surface area (Å²) in [5.74, 6) is 0.565. The van der Waals surface area contributed by atoms with E-state index < -0.39 is 0 Å². The SMILES string of the molecule is Nc1ccc(-c2ccc3ccccc3c2)c(-c2ccc(-c3cccc4ccccc34)c3c4ccc(c(-c5nc6cccnc6o5)c4)c23)c1. The summed E-state index contributed by atoms with van der Waals surface area (Å²) < 4.78 is 6.27. The minimum Gasteiger partial charge on any atom is -0.418 e. The van der Waals surface area contributed by atoms with Crippen LogP contribution in [0.3, 0.4) is 0 Å². The molecule has 0 aliphatic rings. The highest BCUT2D eigenvalue weighted by atomic mass is 16.4. The Balaban J connectivity index is 1.31. The molecule has 0 spiro atoms. The van der Waals surface area contributed by atoms with Gasteiger partial charge < -0.3 is 10.2 Å². The van der Waals surface area contributed by atoms with Gasteiger partial charge in [-0.1, -0.05) is 109 Å².